The van der Waals surface area contributed by atoms with Crippen molar-refractivity contribution in [2.75, 3.05) is 13.7 Å². The Morgan fingerprint density at radius 2 is 1.65 bits per heavy atom. The van der Waals surface area contributed by atoms with Gasteiger partial charge in [0.15, 0.2) is 0 Å². The first-order valence-corrected chi connectivity index (χ1v) is 8.98. The van der Waals surface area contributed by atoms with Crippen LogP contribution in [0.5, 0.6) is 5.75 Å². The number of hydrogen-bond donors (Lipinski definition) is 2. The molecule has 5 nitrogen and oxygen atoms in total. The summed E-state index contributed by atoms with van der Waals surface area (Å²) in [5, 5.41) is 3.31. The summed E-state index contributed by atoms with van der Waals surface area (Å²) in [5.41, 5.74) is 2.04. The third kappa shape index (κ3) is 5.06. The van der Waals surface area contributed by atoms with Gasteiger partial charge < -0.3 is 10.1 Å². The molecule has 2 aromatic rings. The minimum Gasteiger partial charge on any atom is -0.494 e. The summed E-state index contributed by atoms with van der Waals surface area (Å²) in [6.07, 6.45) is 0. The van der Waals surface area contributed by atoms with Gasteiger partial charge >= 0.3 is 0 Å². The zero-order valence-corrected chi connectivity index (χ0v) is 14.2. The summed E-state index contributed by atoms with van der Waals surface area (Å²) in [6, 6.07) is 14.8. The van der Waals surface area contributed by atoms with Crippen LogP contribution >= 0.6 is 0 Å². The van der Waals surface area contributed by atoms with Crippen molar-refractivity contribution in [3.8, 4) is 5.75 Å². The highest BCUT2D eigenvalue weighted by Crippen LogP contribution is 2.14. The maximum Gasteiger partial charge on any atom is 0.240 e. The van der Waals surface area contributed by atoms with Gasteiger partial charge in [-0.05, 0) is 49.4 Å². The summed E-state index contributed by atoms with van der Waals surface area (Å²) in [4.78, 5) is 0.276. The molecule has 0 aliphatic heterocycles. The van der Waals surface area contributed by atoms with Crippen LogP contribution in [0.25, 0.3) is 0 Å². The molecule has 0 amide bonds. The molecule has 0 saturated heterocycles. The van der Waals surface area contributed by atoms with Crippen LogP contribution in [0.1, 0.15) is 18.1 Å². The molecular formula is C17H22N2O3S. The van der Waals surface area contributed by atoms with E-state index in [9.17, 15) is 8.42 Å². The molecule has 23 heavy (non-hydrogen) atoms. The van der Waals surface area contributed by atoms with Crippen LogP contribution in [0, 0.1) is 0 Å². The van der Waals surface area contributed by atoms with Crippen molar-refractivity contribution in [1.82, 2.24) is 10.0 Å². The fraction of sp³-hybridized carbons (Fsp3) is 0.294. The van der Waals surface area contributed by atoms with Gasteiger partial charge in [0.1, 0.15) is 5.75 Å². The van der Waals surface area contributed by atoms with E-state index in [1.54, 1.807) is 18.2 Å². The van der Waals surface area contributed by atoms with Gasteiger partial charge in [0.05, 0.1) is 11.5 Å². The second kappa shape index (κ2) is 8.10. The fourth-order valence-corrected chi connectivity index (χ4v) is 3.00. The Balaban J connectivity index is 1.97. The molecule has 124 valence electrons. The Hall–Kier alpha value is -1.89. The Labute approximate surface area is 137 Å². The molecule has 0 saturated carbocycles. The second-order valence-electron chi connectivity index (χ2n) is 5.04. The monoisotopic (exact) mass is 334 g/mol. The topological polar surface area (TPSA) is 67.4 Å². The molecule has 6 heteroatoms. The average molecular weight is 334 g/mol. The normalized spacial score (nSPS) is 11.4. The molecule has 2 N–H and O–H groups in total. The number of nitrogens with one attached hydrogen (secondary N) is 2. The molecule has 0 bridgehead atoms. The summed E-state index contributed by atoms with van der Waals surface area (Å²) < 4.78 is 31.4. The van der Waals surface area contributed by atoms with Crippen LogP contribution in [0.2, 0.25) is 0 Å². The van der Waals surface area contributed by atoms with Crippen LogP contribution in [-0.4, -0.2) is 22.1 Å². The molecule has 0 atom stereocenters. The molecule has 2 rings (SSSR count). The third-order valence-corrected chi connectivity index (χ3v) is 4.76. The van der Waals surface area contributed by atoms with E-state index in [1.165, 1.54) is 7.05 Å². The molecule has 0 aliphatic carbocycles. The largest absolute Gasteiger partial charge is 0.494 e. The van der Waals surface area contributed by atoms with Crippen molar-refractivity contribution < 1.29 is 13.2 Å². The van der Waals surface area contributed by atoms with Gasteiger partial charge in [-0.1, -0.05) is 24.3 Å². The predicted molar refractivity (Wildman–Crippen MR) is 90.8 cm³/mol. The van der Waals surface area contributed by atoms with Crippen molar-refractivity contribution in [2.24, 2.45) is 0 Å². The first-order chi connectivity index (χ1) is 11.0. The van der Waals surface area contributed by atoms with Crippen molar-refractivity contribution in [3.05, 3.63) is 59.7 Å². The molecule has 0 radical (unpaired) electrons. The van der Waals surface area contributed by atoms with Crippen LogP contribution < -0.4 is 14.8 Å². The minimum absolute atomic E-state index is 0.276. The van der Waals surface area contributed by atoms with Crippen LogP contribution in [0.15, 0.2) is 53.4 Å². The lowest BCUT2D eigenvalue weighted by atomic mass is 10.2. The zero-order chi connectivity index (χ0) is 16.7. The van der Waals surface area contributed by atoms with Crippen molar-refractivity contribution in [1.29, 1.82) is 0 Å². The van der Waals surface area contributed by atoms with Crippen LogP contribution in [0.3, 0.4) is 0 Å². The first kappa shape index (κ1) is 17.5. The van der Waals surface area contributed by atoms with E-state index in [1.807, 2.05) is 37.3 Å². The van der Waals surface area contributed by atoms with Gasteiger partial charge in [0, 0.05) is 13.1 Å². The molecule has 2 aromatic carbocycles. The highest BCUT2D eigenvalue weighted by atomic mass is 32.2. The SMILES string of the molecule is CCOc1cccc(CNCc2cccc(S(=O)(=O)NC)c2)c1. The van der Waals surface area contributed by atoms with Crippen molar-refractivity contribution >= 4 is 10.0 Å². The summed E-state index contributed by atoms with van der Waals surface area (Å²) in [7, 11) is -2.00. The van der Waals surface area contributed by atoms with Crippen LogP contribution in [-0.2, 0) is 23.1 Å². The van der Waals surface area contributed by atoms with Gasteiger partial charge in [-0.3, -0.25) is 0 Å². The minimum atomic E-state index is -3.40. The maximum atomic E-state index is 11.8. The van der Waals surface area contributed by atoms with E-state index >= 15 is 0 Å². The quantitative estimate of drug-likeness (QED) is 0.777. The Bertz CT molecular complexity index is 745. The third-order valence-electron chi connectivity index (χ3n) is 3.35. The Morgan fingerprint density at radius 3 is 2.30 bits per heavy atom. The van der Waals surface area contributed by atoms with Gasteiger partial charge in [0.25, 0.3) is 0 Å². The predicted octanol–water partition coefficient (Wildman–Crippen LogP) is 2.28. The lowest BCUT2D eigenvalue weighted by Crippen LogP contribution is -2.19. The maximum absolute atomic E-state index is 11.8. The Kier molecular flexibility index (Phi) is 6.15. The van der Waals surface area contributed by atoms with Gasteiger partial charge in [0.2, 0.25) is 10.0 Å². The molecule has 0 unspecified atom stereocenters. The standard InChI is InChI=1S/C17H22N2O3S/c1-3-22-16-8-4-6-14(10-16)12-19-13-15-7-5-9-17(11-15)23(20,21)18-2/h4-11,18-19H,3,12-13H2,1-2H3. The second-order valence-corrected chi connectivity index (χ2v) is 6.93. The molecule has 0 heterocycles. The summed E-state index contributed by atoms with van der Waals surface area (Å²) >= 11 is 0. The highest BCUT2D eigenvalue weighted by molar-refractivity contribution is 7.89. The van der Waals surface area contributed by atoms with E-state index in [0.29, 0.717) is 19.7 Å². The molecular weight excluding hydrogens is 312 g/mol. The summed E-state index contributed by atoms with van der Waals surface area (Å²) in [6.45, 7) is 3.87. The number of benzene rings is 2. The number of sulfonamides is 1. The van der Waals surface area contributed by atoms with E-state index in [-0.39, 0.29) is 4.90 Å². The van der Waals surface area contributed by atoms with Crippen molar-refractivity contribution in [2.45, 2.75) is 24.9 Å². The van der Waals surface area contributed by atoms with Gasteiger partial charge in [-0.15, -0.1) is 0 Å². The number of rotatable bonds is 8. The average Bonchev–Trinajstić information content (AvgIpc) is 2.56. The number of ether oxygens (including phenoxy) is 1. The lowest BCUT2D eigenvalue weighted by molar-refractivity contribution is 0.340. The van der Waals surface area contributed by atoms with Gasteiger partial charge in [-0.2, -0.15) is 0 Å². The summed E-state index contributed by atoms with van der Waals surface area (Å²) in [5.74, 6) is 0.855. The lowest BCUT2D eigenvalue weighted by Gasteiger charge is -2.09. The molecule has 0 aliphatic rings. The van der Waals surface area contributed by atoms with Crippen molar-refractivity contribution in [3.63, 3.8) is 0 Å². The first-order valence-electron chi connectivity index (χ1n) is 7.50. The van der Waals surface area contributed by atoms with Gasteiger partial charge in [-0.25, -0.2) is 13.1 Å². The highest BCUT2D eigenvalue weighted by Gasteiger charge is 2.11. The number of hydrogen-bond acceptors (Lipinski definition) is 4. The molecule has 0 aromatic heterocycles. The Morgan fingerprint density at radius 1 is 1.00 bits per heavy atom. The molecule has 0 fully saturated rings. The fourth-order valence-electron chi connectivity index (χ4n) is 2.20. The molecule has 0 spiro atoms. The van der Waals surface area contributed by atoms with E-state index < -0.39 is 10.0 Å². The zero-order valence-electron chi connectivity index (χ0n) is 13.4. The van der Waals surface area contributed by atoms with E-state index in [0.717, 1.165) is 16.9 Å². The smallest absolute Gasteiger partial charge is 0.240 e. The van der Waals surface area contributed by atoms with Crippen LogP contribution in [0.4, 0.5) is 0 Å². The van der Waals surface area contributed by atoms with E-state index in [4.69, 9.17) is 4.74 Å². The van der Waals surface area contributed by atoms with E-state index in [2.05, 4.69) is 10.0 Å².